The van der Waals surface area contributed by atoms with E-state index in [0.717, 1.165) is 15.2 Å². The van der Waals surface area contributed by atoms with Crippen LogP contribution in [-0.2, 0) is 14.8 Å². The summed E-state index contributed by atoms with van der Waals surface area (Å²) >= 11 is 1.60. The number of fused-ring (bicyclic) bond motifs is 1. The van der Waals surface area contributed by atoms with Gasteiger partial charge in [0, 0.05) is 26.1 Å². The number of nitrogens with zero attached hydrogens (tertiary/aromatic N) is 4. The van der Waals surface area contributed by atoms with Gasteiger partial charge < -0.3 is 9.42 Å². The third-order valence-electron chi connectivity index (χ3n) is 5.97. The van der Waals surface area contributed by atoms with E-state index in [1.54, 1.807) is 37.1 Å². The van der Waals surface area contributed by atoms with Gasteiger partial charge in [0.25, 0.3) is 0 Å². The highest BCUT2D eigenvalue weighted by atomic mass is 32.2. The Morgan fingerprint density at radius 2 is 1.94 bits per heavy atom. The minimum Gasteiger partial charge on any atom is -0.360 e. The van der Waals surface area contributed by atoms with Crippen LogP contribution in [0.15, 0.2) is 33.7 Å². The third kappa shape index (κ3) is 3.99. The maximum Gasteiger partial charge on any atom is 0.248 e. The van der Waals surface area contributed by atoms with Gasteiger partial charge in [-0.05, 0) is 45.7 Å². The number of aromatic nitrogens is 2. The average molecular weight is 463 g/mol. The number of carbonyl (C=O) groups is 1. The first-order chi connectivity index (χ1) is 14.7. The number of amides is 1. The Morgan fingerprint density at radius 3 is 2.55 bits per heavy atom. The van der Waals surface area contributed by atoms with E-state index in [2.05, 4.69) is 10.1 Å². The fourth-order valence-corrected chi connectivity index (χ4v) is 6.85. The zero-order valence-electron chi connectivity index (χ0n) is 18.0. The van der Waals surface area contributed by atoms with E-state index in [1.807, 2.05) is 31.2 Å². The van der Waals surface area contributed by atoms with Gasteiger partial charge in [-0.2, -0.15) is 4.31 Å². The summed E-state index contributed by atoms with van der Waals surface area (Å²) in [6, 6.07) is 7.79. The van der Waals surface area contributed by atoms with Gasteiger partial charge in [0.2, 0.25) is 15.9 Å². The van der Waals surface area contributed by atoms with Crippen molar-refractivity contribution in [1.29, 1.82) is 0 Å². The molecule has 0 saturated carbocycles. The molecule has 2 aromatic heterocycles. The molecule has 1 fully saturated rings. The van der Waals surface area contributed by atoms with Crippen LogP contribution >= 0.6 is 11.3 Å². The summed E-state index contributed by atoms with van der Waals surface area (Å²) < 4.78 is 33.6. The lowest BCUT2D eigenvalue weighted by molar-refractivity contribution is -0.137. The van der Waals surface area contributed by atoms with Gasteiger partial charge in [0.05, 0.1) is 16.3 Å². The van der Waals surface area contributed by atoms with Gasteiger partial charge in [0.1, 0.15) is 15.6 Å². The second-order valence-electron chi connectivity index (χ2n) is 7.98. The van der Waals surface area contributed by atoms with E-state index in [-0.39, 0.29) is 22.8 Å². The van der Waals surface area contributed by atoms with Crippen LogP contribution in [0.5, 0.6) is 0 Å². The largest absolute Gasteiger partial charge is 0.360 e. The van der Waals surface area contributed by atoms with Crippen molar-refractivity contribution in [3.8, 4) is 0 Å². The Morgan fingerprint density at radius 1 is 1.26 bits per heavy atom. The van der Waals surface area contributed by atoms with Crippen LogP contribution in [-0.4, -0.2) is 53.8 Å². The maximum absolute atomic E-state index is 13.1. The highest BCUT2D eigenvalue weighted by molar-refractivity contribution is 7.89. The first-order valence-corrected chi connectivity index (χ1v) is 12.5. The first kappa shape index (κ1) is 21.9. The third-order valence-corrected chi connectivity index (χ3v) is 9.32. The molecule has 3 aromatic rings. The molecule has 0 radical (unpaired) electrons. The lowest BCUT2D eigenvalue weighted by Gasteiger charge is -2.33. The Balaban J connectivity index is 1.43. The number of para-hydroxylation sites is 1. The lowest BCUT2D eigenvalue weighted by Crippen LogP contribution is -2.44. The second kappa shape index (κ2) is 8.33. The van der Waals surface area contributed by atoms with Gasteiger partial charge >= 0.3 is 0 Å². The fraction of sp³-hybridized carbons (Fsp3) is 0.476. The first-order valence-electron chi connectivity index (χ1n) is 10.2. The van der Waals surface area contributed by atoms with Crippen LogP contribution in [0.25, 0.3) is 10.2 Å². The van der Waals surface area contributed by atoms with Gasteiger partial charge in [-0.15, -0.1) is 11.3 Å². The maximum atomic E-state index is 13.1. The molecule has 31 heavy (non-hydrogen) atoms. The number of benzene rings is 1. The van der Waals surface area contributed by atoms with Crippen molar-refractivity contribution in [1.82, 2.24) is 19.3 Å². The quantitative estimate of drug-likeness (QED) is 0.576. The van der Waals surface area contributed by atoms with Crippen LogP contribution in [0.2, 0.25) is 0 Å². The van der Waals surface area contributed by atoms with Crippen LogP contribution in [0.4, 0.5) is 0 Å². The summed E-state index contributed by atoms with van der Waals surface area (Å²) in [5, 5.41) is 4.66. The molecule has 166 valence electrons. The zero-order chi connectivity index (χ0) is 22.3. The minimum absolute atomic E-state index is 0.0288. The number of carbonyl (C=O) groups excluding carboxylic acids is 1. The smallest absolute Gasteiger partial charge is 0.248 e. The average Bonchev–Trinajstić information content (AvgIpc) is 3.35. The second-order valence-corrected chi connectivity index (χ2v) is 10.9. The molecule has 1 unspecified atom stereocenters. The van der Waals surface area contributed by atoms with E-state index >= 15 is 0 Å². The molecule has 0 bridgehead atoms. The van der Waals surface area contributed by atoms with Crippen LogP contribution in [0.3, 0.4) is 0 Å². The van der Waals surface area contributed by atoms with Crippen LogP contribution in [0.1, 0.15) is 42.3 Å². The van der Waals surface area contributed by atoms with Crippen LogP contribution in [0, 0.1) is 19.8 Å². The standard InChI is InChI=1S/C21H26N4O4S2/c1-13-19(15(3)29-23-13)31(27,28)25-11-9-16(10-12-25)21(26)24(4)14(2)20-22-17-7-5-6-8-18(17)30-20/h5-8,14,16H,9-12H2,1-4H3. The predicted octanol–water partition coefficient (Wildman–Crippen LogP) is 3.52. The van der Waals surface area contributed by atoms with Gasteiger partial charge in [0.15, 0.2) is 5.76 Å². The Labute approximate surface area is 185 Å². The molecule has 8 nitrogen and oxygen atoms in total. The number of hydrogen-bond donors (Lipinski definition) is 0. The molecule has 3 heterocycles. The van der Waals surface area contributed by atoms with Crippen molar-refractivity contribution < 1.29 is 17.7 Å². The molecular weight excluding hydrogens is 436 g/mol. The van der Waals surface area contributed by atoms with Crippen molar-refractivity contribution >= 4 is 37.5 Å². The number of piperidine rings is 1. The molecule has 4 rings (SSSR count). The highest BCUT2D eigenvalue weighted by Gasteiger charge is 2.37. The summed E-state index contributed by atoms with van der Waals surface area (Å²) in [6.07, 6.45) is 0.969. The molecule has 0 aliphatic carbocycles. The zero-order valence-corrected chi connectivity index (χ0v) is 19.7. The van der Waals surface area contributed by atoms with Gasteiger partial charge in [-0.3, -0.25) is 4.79 Å². The summed E-state index contributed by atoms with van der Waals surface area (Å²) in [6.45, 7) is 5.80. The molecule has 1 aliphatic rings. The van der Waals surface area contributed by atoms with Gasteiger partial charge in [-0.25, -0.2) is 13.4 Å². The summed E-state index contributed by atoms with van der Waals surface area (Å²) in [4.78, 5) is 19.7. The molecule has 1 amide bonds. The number of rotatable bonds is 5. The number of hydrogen-bond acceptors (Lipinski definition) is 7. The van der Waals surface area contributed by atoms with Crippen molar-refractivity contribution in [2.75, 3.05) is 20.1 Å². The SMILES string of the molecule is Cc1noc(C)c1S(=O)(=O)N1CCC(C(=O)N(C)C(C)c2nc3ccccc3s2)CC1. The Hall–Kier alpha value is -2.30. The predicted molar refractivity (Wildman–Crippen MR) is 118 cm³/mol. The number of thiazole rings is 1. The van der Waals surface area contributed by atoms with Crippen molar-refractivity contribution in [3.63, 3.8) is 0 Å². The Bertz CT molecular complexity index is 1160. The van der Waals surface area contributed by atoms with Crippen molar-refractivity contribution in [2.24, 2.45) is 5.92 Å². The normalized spacial score (nSPS) is 17.2. The van der Waals surface area contributed by atoms with E-state index in [9.17, 15) is 13.2 Å². The molecular formula is C21H26N4O4S2. The molecule has 1 aromatic carbocycles. The highest BCUT2D eigenvalue weighted by Crippen LogP contribution is 2.32. The van der Waals surface area contributed by atoms with E-state index < -0.39 is 10.0 Å². The number of aryl methyl sites for hydroxylation is 2. The summed E-state index contributed by atoms with van der Waals surface area (Å²) in [5.74, 6) is 0.110. The van der Waals surface area contributed by atoms with Crippen molar-refractivity contribution in [3.05, 3.63) is 40.7 Å². The molecule has 10 heteroatoms. The van der Waals surface area contributed by atoms with E-state index in [1.165, 1.54) is 4.31 Å². The topological polar surface area (TPSA) is 96.6 Å². The summed E-state index contributed by atoms with van der Waals surface area (Å²) in [7, 11) is -1.88. The molecule has 1 saturated heterocycles. The summed E-state index contributed by atoms with van der Waals surface area (Å²) in [5.41, 5.74) is 1.30. The van der Waals surface area contributed by atoms with Crippen LogP contribution < -0.4 is 0 Å². The van der Waals surface area contributed by atoms with E-state index in [0.29, 0.717) is 37.4 Å². The van der Waals surface area contributed by atoms with Gasteiger partial charge in [-0.1, -0.05) is 17.3 Å². The Kier molecular flexibility index (Phi) is 5.89. The lowest BCUT2D eigenvalue weighted by atomic mass is 9.96. The molecule has 0 N–H and O–H groups in total. The van der Waals surface area contributed by atoms with E-state index in [4.69, 9.17) is 4.52 Å². The van der Waals surface area contributed by atoms with Crippen molar-refractivity contribution in [2.45, 2.75) is 44.6 Å². The molecule has 1 atom stereocenters. The number of sulfonamides is 1. The monoisotopic (exact) mass is 462 g/mol. The molecule has 0 spiro atoms. The minimum atomic E-state index is -3.68. The fourth-order valence-electron chi connectivity index (χ4n) is 4.03. The molecule has 1 aliphatic heterocycles.